The molecule has 1 saturated heterocycles. The van der Waals surface area contributed by atoms with Crippen molar-refractivity contribution in [2.24, 2.45) is 0 Å². The van der Waals surface area contributed by atoms with Gasteiger partial charge in [-0.15, -0.1) is 0 Å². The quantitative estimate of drug-likeness (QED) is 0.438. The number of allylic oxidation sites excluding steroid dienone is 7. The Kier molecular flexibility index (Phi) is 8.14. The first-order valence-corrected chi connectivity index (χ1v) is 9.94. The van der Waals surface area contributed by atoms with Crippen molar-refractivity contribution in [3.63, 3.8) is 0 Å². The van der Waals surface area contributed by atoms with Crippen LogP contribution < -0.4 is 15.5 Å². The average Bonchev–Trinajstić information content (AvgIpc) is 2.72. The molecule has 4 amide bonds. The van der Waals surface area contributed by atoms with E-state index in [2.05, 4.69) is 10.6 Å². The van der Waals surface area contributed by atoms with Gasteiger partial charge in [-0.3, -0.25) is 20.2 Å². The summed E-state index contributed by atoms with van der Waals surface area (Å²) in [5, 5.41) is 4.14. The number of nitrogens with one attached hydrogen (secondary N) is 2. The smallest absolute Gasteiger partial charge is 0.328 e. The largest absolute Gasteiger partial charge is 0.462 e. The van der Waals surface area contributed by atoms with Crippen LogP contribution in [0.25, 0.3) is 6.08 Å². The molecule has 1 aromatic carbocycles. The first kappa shape index (κ1) is 23.4. The standard InChI is InChI=1S/C22H21N3O4.C2H6/c1-14-12-16(19-20(26)23-22(28)24-21(19)27)13-18(29-14)7-5-4-6-15-8-10-17(11-9-15)25(2)3;1-2/h4-13H,1-3H3,(H2,23,24,26,27,28);1-2H3/b6-4+,7-5+;. The molecule has 2 heterocycles. The molecule has 2 aliphatic rings. The monoisotopic (exact) mass is 421 g/mol. The molecule has 3 rings (SSSR count). The second-order valence-corrected chi connectivity index (χ2v) is 6.68. The molecule has 0 aliphatic carbocycles. The highest BCUT2D eigenvalue weighted by molar-refractivity contribution is 6.29. The van der Waals surface area contributed by atoms with E-state index in [1.165, 1.54) is 0 Å². The second kappa shape index (κ2) is 10.8. The molecule has 1 fully saturated rings. The number of amides is 4. The third-order valence-corrected chi connectivity index (χ3v) is 4.20. The maximum atomic E-state index is 12.0. The molecule has 0 spiro atoms. The number of rotatable bonds is 4. The number of hydrogen-bond acceptors (Lipinski definition) is 5. The van der Waals surface area contributed by atoms with Crippen LogP contribution in [-0.4, -0.2) is 31.9 Å². The van der Waals surface area contributed by atoms with Gasteiger partial charge in [0.15, 0.2) is 0 Å². The molecule has 0 bridgehead atoms. The zero-order valence-electron chi connectivity index (χ0n) is 18.4. The van der Waals surface area contributed by atoms with Gasteiger partial charge < -0.3 is 9.64 Å². The summed E-state index contributed by atoms with van der Waals surface area (Å²) in [6.07, 6.45) is 10.5. The highest BCUT2D eigenvalue weighted by atomic mass is 16.5. The Morgan fingerprint density at radius 1 is 0.871 bits per heavy atom. The van der Waals surface area contributed by atoms with Gasteiger partial charge in [-0.05, 0) is 48.4 Å². The topological polar surface area (TPSA) is 87.7 Å². The van der Waals surface area contributed by atoms with Crippen molar-refractivity contribution < 1.29 is 19.1 Å². The van der Waals surface area contributed by atoms with Crippen LogP contribution in [0, 0.1) is 0 Å². The van der Waals surface area contributed by atoms with Crippen molar-refractivity contribution in [1.29, 1.82) is 0 Å². The van der Waals surface area contributed by atoms with Gasteiger partial charge in [0.05, 0.1) is 0 Å². The van der Waals surface area contributed by atoms with Crippen LogP contribution in [-0.2, 0) is 14.3 Å². The van der Waals surface area contributed by atoms with Crippen molar-refractivity contribution in [2.45, 2.75) is 20.8 Å². The number of barbiturate groups is 1. The van der Waals surface area contributed by atoms with Crippen molar-refractivity contribution in [3.05, 3.63) is 82.9 Å². The number of imide groups is 2. The number of anilines is 1. The van der Waals surface area contributed by atoms with E-state index in [0.717, 1.165) is 11.3 Å². The molecule has 0 radical (unpaired) electrons. The van der Waals surface area contributed by atoms with Gasteiger partial charge in [0.2, 0.25) is 0 Å². The number of carbonyl (C=O) groups is 3. The Morgan fingerprint density at radius 2 is 1.45 bits per heavy atom. The molecule has 7 nitrogen and oxygen atoms in total. The zero-order chi connectivity index (χ0) is 23.0. The van der Waals surface area contributed by atoms with E-state index >= 15 is 0 Å². The molecule has 0 unspecified atom stereocenters. The Hall–Kier alpha value is -3.87. The van der Waals surface area contributed by atoms with Crippen molar-refractivity contribution in [3.8, 4) is 0 Å². The van der Waals surface area contributed by atoms with Gasteiger partial charge >= 0.3 is 6.03 Å². The molecule has 0 saturated carbocycles. The van der Waals surface area contributed by atoms with Crippen molar-refractivity contribution in [1.82, 2.24) is 10.6 Å². The number of carbonyl (C=O) groups excluding carboxylic acids is 3. The van der Waals surface area contributed by atoms with Gasteiger partial charge in [0, 0.05) is 19.8 Å². The lowest BCUT2D eigenvalue weighted by molar-refractivity contribution is -0.124. The SMILES string of the molecule is CC.CC1=CC(=C2C(=O)NC(=O)NC2=O)C=C(/C=C/C=C/c2ccc(N(C)C)cc2)O1. The summed E-state index contributed by atoms with van der Waals surface area (Å²) in [7, 11) is 3.98. The van der Waals surface area contributed by atoms with E-state index in [9.17, 15) is 14.4 Å². The maximum Gasteiger partial charge on any atom is 0.328 e. The zero-order valence-corrected chi connectivity index (χ0v) is 18.4. The van der Waals surface area contributed by atoms with E-state index < -0.39 is 17.8 Å². The van der Waals surface area contributed by atoms with E-state index in [1.807, 2.05) is 69.3 Å². The lowest BCUT2D eigenvalue weighted by Gasteiger charge is -2.19. The minimum atomic E-state index is -0.829. The molecule has 0 aromatic heterocycles. The number of benzene rings is 1. The fourth-order valence-electron chi connectivity index (χ4n) is 2.81. The normalized spacial score (nSPS) is 16.2. The molecule has 162 valence electrons. The molecular weight excluding hydrogens is 394 g/mol. The molecule has 2 N–H and O–H groups in total. The summed E-state index contributed by atoms with van der Waals surface area (Å²) in [6, 6.07) is 7.28. The van der Waals surface area contributed by atoms with Gasteiger partial charge in [-0.1, -0.05) is 44.2 Å². The average molecular weight is 421 g/mol. The number of ether oxygens (including phenoxy) is 1. The van der Waals surface area contributed by atoms with Crippen LogP contribution in [0.3, 0.4) is 0 Å². The summed E-state index contributed by atoms with van der Waals surface area (Å²) in [6.45, 7) is 5.72. The molecule has 1 aromatic rings. The Bertz CT molecular complexity index is 988. The highest BCUT2D eigenvalue weighted by Gasteiger charge is 2.30. The summed E-state index contributed by atoms with van der Waals surface area (Å²) in [4.78, 5) is 37.3. The van der Waals surface area contributed by atoms with Gasteiger partial charge in [0.1, 0.15) is 17.1 Å². The third kappa shape index (κ3) is 6.30. The minimum Gasteiger partial charge on any atom is -0.462 e. The van der Waals surface area contributed by atoms with Crippen LogP contribution in [0.15, 0.2) is 77.3 Å². The summed E-state index contributed by atoms with van der Waals surface area (Å²) >= 11 is 0. The summed E-state index contributed by atoms with van der Waals surface area (Å²) in [5.41, 5.74) is 2.42. The van der Waals surface area contributed by atoms with E-state index in [1.54, 1.807) is 31.2 Å². The Labute approximate surface area is 182 Å². The predicted octanol–water partition coefficient (Wildman–Crippen LogP) is 3.83. The fraction of sp³-hybridized carbons (Fsp3) is 0.208. The summed E-state index contributed by atoms with van der Waals surface area (Å²) < 4.78 is 5.62. The van der Waals surface area contributed by atoms with Crippen LogP contribution in [0.2, 0.25) is 0 Å². The first-order valence-electron chi connectivity index (χ1n) is 9.94. The second-order valence-electron chi connectivity index (χ2n) is 6.68. The van der Waals surface area contributed by atoms with E-state index in [4.69, 9.17) is 4.74 Å². The molecule has 7 heteroatoms. The Morgan fingerprint density at radius 3 is 2.03 bits per heavy atom. The number of urea groups is 1. The fourth-order valence-corrected chi connectivity index (χ4v) is 2.81. The third-order valence-electron chi connectivity index (χ3n) is 4.20. The first-order chi connectivity index (χ1) is 14.8. The molecule has 31 heavy (non-hydrogen) atoms. The van der Waals surface area contributed by atoms with E-state index in [-0.39, 0.29) is 5.57 Å². The molecule has 2 aliphatic heterocycles. The predicted molar refractivity (Wildman–Crippen MR) is 122 cm³/mol. The van der Waals surface area contributed by atoms with Crippen LogP contribution in [0.4, 0.5) is 10.5 Å². The van der Waals surface area contributed by atoms with Gasteiger partial charge in [0.25, 0.3) is 11.8 Å². The number of nitrogens with zero attached hydrogens (tertiary/aromatic N) is 1. The van der Waals surface area contributed by atoms with Crippen LogP contribution >= 0.6 is 0 Å². The molecular formula is C24H27N3O4. The van der Waals surface area contributed by atoms with E-state index in [0.29, 0.717) is 17.1 Å². The Balaban J connectivity index is 0.00000166. The van der Waals surface area contributed by atoms with Gasteiger partial charge in [-0.2, -0.15) is 0 Å². The van der Waals surface area contributed by atoms with Gasteiger partial charge in [-0.25, -0.2) is 4.79 Å². The lowest BCUT2D eigenvalue weighted by Crippen LogP contribution is -2.51. The van der Waals surface area contributed by atoms with Crippen molar-refractivity contribution in [2.75, 3.05) is 19.0 Å². The maximum absolute atomic E-state index is 12.0. The number of hydrogen-bond donors (Lipinski definition) is 2. The molecule has 0 atom stereocenters. The van der Waals surface area contributed by atoms with Crippen LogP contribution in [0.1, 0.15) is 26.3 Å². The highest BCUT2D eigenvalue weighted by Crippen LogP contribution is 2.23. The lowest BCUT2D eigenvalue weighted by atomic mass is 10.0. The summed E-state index contributed by atoms with van der Waals surface area (Å²) in [5.74, 6) is -0.478. The minimum absolute atomic E-state index is 0.130. The van der Waals surface area contributed by atoms with Crippen LogP contribution in [0.5, 0.6) is 0 Å². The van der Waals surface area contributed by atoms with Crippen molar-refractivity contribution >= 4 is 29.6 Å².